The van der Waals surface area contributed by atoms with Gasteiger partial charge in [0.15, 0.2) is 5.69 Å². The number of halogens is 5. The molecule has 33 heavy (non-hydrogen) atoms. The van der Waals surface area contributed by atoms with Crippen LogP contribution in [0.5, 0.6) is 11.6 Å². The van der Waals surface area contributed by atoms with Gasteiger partial charge in [-0.05, 0) is 23.6 Å². The molecule has 1 aromatic carbocycles. The summed E-state index contributed by atoms with van der Waals surface area (Å²) in [5, 5.41) is 7.02. The zero-order valence-electron chi connectivity index (χ0n) is 17.4. The summed E-state index contributed by atoms with van der Waals surface area (Å²) >= 11 is 0. The number of nitrogens with zero attached hydrogens (tertiary/aromatic N) is 2. The summed E-state index contributed by atoms with van der Waals surface area (Å²) in [5.74, 6) is 0.521. The standard InChI is InChI=1S/C21H22F5N3O4/c22-18(23)6-12-1-2-17-13(5-12)7-14(10-32-17)27-20(30)16-8-19-29(28-16)9-15(33-19)3-4-31-11-21(24,25)26/h1-2,5,8,14-15,18H,3-4,6-7,9-11H2,(H,27,30)/t14-,15?/m1/s1. The molecule has 2 aromatic rings. The Bertz CT molecular complexity index is 971. The molecule has 1 aromatic heterocycles. The van der Waals surface area contributed by atoms with E-state index >= 15 is 0 Å². The summed E-state index contributed by atoms with van der Waals surface area (Å²) in [6.07, 6.45) is -6.86. The van der Waals surface area contributed by atoms with Crippen molar-refractivity contribution in [1.29, 1.82) is 0 Å². The molecule has 0 radical (unpaired) electrons. The average Bonchev–Trinajstić information content (AvgIpc) is 3.29. The normalized spacial score (nSPS) is 19.6. The molecule has 0 aliphatic carbocycles. The summed E-state index contributed by atoms with van der Waals surface area (Å²) < 4.78 is 78.9. The third kappa shape index (κ3) is 6.12. The second-order valence-corrected chi connectivity index (χ2v) is 7.97. The first-order chi connectivity index (χ1) is 15.7. The van der Waals surface area contributed by atoms with E-state index in [9.17, 15) is 26.7 Å². The smallest absolute Gasteiger partial charge is 0.411 e. The van der Waals surface area contributed by atoms with Gasteiger partial charge < -0.3 is 19.5 Å². The molecule has 7 nitrogen and oxygen atoms in total. The van der Waals surface area contributed by atoms with Gasteiger partial charge in [0.05, 0.1) is 19.2 Å². The van der Waals surface area contributed by atoms with Gasteiger partial charge in [0.2, 0.25) is 12.3 Å². The SMILES string of the molecule is O=C(N[C@H]1COc2ccc(CC(F)F)cc2C1)c1cc2n(n1)CC(CCOCC(F)(F)F)O2. The molecule has 1 N–H and O–H groups in total. The van der Waals surface area contributed by atoms with Crippen molar-refractivity contribution in [2.75, 3.05) is 19.8 Å². The van der Waals surface area contributed by atoms with Gasteiger partial charge in [-0.25, -0.2) is 13.5 Å². The predicted octanol–water partition coefficient (Wildman–Crippen LogP) is 3.15. The number of benzene rings is 1. The average molecular weight is 475 g/mol. The van der Waals surface area contributed by atoms with E-state index in [4.69, 9.17) is 9.47 Å². The van der Waals surface area contributed by atoms with Crippen molar-refractivity contribution in [2.45, 2.75) is 50.6 Å². The molecule has 0 bridgehead atoms. The topological polar surface area (TPSA) is 74.6 Å². The minimum Gasteiger partial charge on any atom is -0.491 e. The maximum atomic E-state index is 12.6. The number of carbonyl (C=O) groups excluding carboxylic acids is 1. The van der Waals surface area contributed by atoms with Crippen molar-refractivity contribution in [3.8, 4) is 11.6 Å². The Balaban J connectivity index is 1.27. The molecule has 2 aliphatic heterocycles. The first-order valence-corrected chi connectivity index (χ1v) is 10.4. The summed E-state index contributed by atoms with van der Waals surface area (Å²) in [6, 6.07) is 6.03. The van der Waals surface area contributed by atoms with Crippen molar-refractivity contribution in [2.24, 2.45) is 0 Å². The quantitative estimate of drug-likeness (QED) is 0.469. The molecule has 1 amide bonds. The molecule has 0 saturated heterocycles. The third-order valence-corrected chi connectivity index (χ3v) is 5.25. The lowest BCUT2D eigenvalue weighted by Crippen LogP contribution is -2.43. The largest absolute Gasteiger partial charge is 0.491 e. The van der Waals surface area contributed by atoms with Crippen molar-refractivity contribution < 1.29 is 41.0 Å². The second-order valence-electron chi connectivity index (χ2n) is 7.97. The zero-order valence-corrected chi connectivity index (χ0v) is 17.4. The Morgan fingerprint density at radius 3 is 2.85 bits per heavy atom. The van der Waals surface area contributed by atoms with E-state index in [0.29, 0.717) is 30.2 Å². The lowest BCUT2D eigenvalue weighted by atomic mass is 9.99. The molecule has 0 saturated carbocycles. The summed E-state index contributed by atoms with van der Waals surface area (Å²) in [5.41, 5.74) is 1.38. The summed E-state index contributed by atoms with van der Waals surface area (Å²) in [7, 11) is 0. The van der Waals surface area contributed by atoms with Gasteiger partial charge in [-0.15, -0.1) is 0 Å². The molecule has 4 rings (SSSR count). The summed E-state index contributed by atoms with van der Waals surface area (Å²) in [6.45, 7) is -0.885. The molecule has 12 heteroatoms. The Hall–Kier alpha value is -2.89. The number of aromatic nitrogens is 2. The molecular weight excluding hydrogens is 453 g/mol. The van der Waals surface area contributed by atoms with Crippen molar-refractivity contribution >= 4 is 5.91 Å². The zero-order chi connectivity index (χ0) is 23.6. The van der Waals surface area contributed by atoms with Crippen LogP contribution >= 0.6 is 0 Å². The number of ether oxygens (including phenoxy) is 3. The molecule has 1 unspecified atom stereocenters. The fraction of sp³-hybridized carbons (Fsp3) is 0.524. The van der Waals surface area contributed by atoms with E-state index in [0.717, 1.165) is 5.56 Å². The molecular formula is C21H22F5N3O4. The van der Waals surface area contributed by atoms with E-state index in [1.807, 2.05) is 0 Å². The molecule has 0 fully saturated rings. The van der Waals surface area contributed by atoms with Crippen molar-refractivity contribution in [3.05, 3.63) is 41.1 Å². The van der Waals surface area contributed by atoms with E-state index < -0.39 is 25.1 Å². The van der Waals surface area contributed by atoms with E-state index in [1.54, 1.807) is 18.2 Å². The number of amides is 1. The van der Waals surface area contributed by atoms with Gasteiger partial charge in [-0.2, -0.15) is 18.3 Å². The highest BCUT2D eigenvalue weighted by Gasteiger charge is 2.30. The third-order valence-electron chi connectivity index (χ3n) is 5.25. The van der Waals surface area contributed by atoms with Crippen LogP contribution < -0.4 is 14.8 Å². The van der Waals surface area contributed by atoms with Crippen LogP contribution in [0.15, 0.2) is 24.3 Å². The van der Waals surface area contributed by atoms with Gasteiger partial charge >= 0.3 is 6.18 Å². The van der Waals surface area contributed by atoms with Gasteiger partial charge in [-0.3, -0.25) is 4.79 Å². The maximum Gasteiger partial charge on any atom is 0.411 e. The Labute approximate surface area is 185 Å². The Kier molecular flexibility index (Phi) is 6.73. The van der Waals surface area contributed by atoms with Crippen LogP contribution in [-0.4, -0.2) is 60.3 Å². The van der Waals surface area contributed by atoms with E-state index in [1.165, 1.54) is 10.7 Å². The molecule has 3 heterocycles. The van der Waals surface area contributed by atoms with Crippen molar-refractivity contribution in [3.63, 3.8) is 0 Å². The fourth-order valence-electron chi connectivity index (χ4n) is 3.80. The summed E-state index contributed by atoms with van der Waals surface area (Å²) in [4.78, 5) is 12.6. The van der Waals surface area contributed by atoms with Crippen LogP contribution in [0.2, 0.25) is 0 Å². The monoisotopic (exact) mass is 475 g/mol. The lowest BCUT2D eigenvalue weighted by Gasteiger charge is -2.26. The number of hydrogen-bond acceptors (Lipinski definition) is 5. The van der Waals surface area contributed by atoms with Crippen LogP contribution in [0.3, 0.4) is 0 Å². The van der Waals surface area contributed by atoms with Gasteiger partial charge in [0, 0.05) is 18.9 Å². The Morgan fingerprint density at radius 2 is 2.12 bits per heavy atom. The highest BCUT2D eigenvalue weighted by Crippen LogP contribution is 2.28. The Morgan fingerprint density at radius 1 is 1.30 bits per heavy atom. The maximum absolute atomic E-state index is 12.6. The van der Waals surface area contributed by atoms with E-state index in [-0.39, 0.29) is 43.9 Å². The molecule has 2 aliphatic rings. The number of alkyl halides is 5. The molecule has 0 spiro atoms. The fourth-order valence-corrected chi connectivity index (χ4v) is 3.80. The first-order valence-electron chi connectivity index (χ1n) is 10.4. The van der Waals surface area contributed by atoms with Crippen LogP contribution in [-0.2, 0) is 24.1 Å². The number of hydrogen-bond donors (Lipinski definition) is 1. The highest BCUT2D eigenvalue weighted by atomic mass is 19.4. The van der Waals surface area contributed by atoms with Crippen LogP contribution in [0.25, 0.3) is 0 Å². The van der Waals surface area contributed by atoms with E-state index in [2.05, 4.69) is 15.2 Å². The highest BCUT2D eigenvalue weighted by molar-refractivity contribution is 5.92. The van der Waals surface area contributed by atoms with Gasteiger partial charge in [0.25, 0.3) is 5.91 Å². The number of carbonyl (C=O) groups is 1. The minimum atomic E-state index is -4.37. The second kappa shape index (κ2) is 9.54. The lowest BCUT2D eigenvalue weighted by molar-refractivity contribution is -0.174. The van der Waals surface area contributed by atoms with Crippen LogP contribution in [0, 0.1) is 0 Å². The number of fused-ring (bicyclic) bond motifs is 2. The van der Waals surface area contributed by atoms with Crippen LogP contribution in [0.1, 0.15) is 28.0 Å². The van der Waals surface area contributed by atoms with Crippen LogP contribution in [0.4, 0.5) is 22.0 Å². The first kappa shape index (κ1) is 23.3. The molecule has 180 valence electrons. The minimum absolute atomic E-state index is 0.107. The number of nitrogens with one attached hydrogen (secondary N) is 1. The van der Waals surface area contributed by atoms with Gasteiger partial charge in [-0.1, -0.05) is 12.1 Å². The van der Waals surface area contributed by atoms with Gasteiger partial charge in [0.1, 0.15) is 25.1 Å². The number of rotatable bonds is 8. The molecule has 2 atom stereocenters. The van der Waals surface area contributed by atoms with Crippen molar-refractivity contribution in [1.82, 2.24) is 15.1 Å². The predicted molar refractivity (Wildman–Crippen MR) is 105 cm³/mol.